The summed E-state index contributed by atoms with van der Waals surface area (Å²) in [4.78, 5) is 15.9. The van der Waals surface area contributed by atoms with Crippen LogP contribution in [-0.4, -0.2) is 11.9 Å². The average Bonchev–Trinajstić information content (AvgIpc) is 3.11. The Bertz CT molecular complexity index is 2160. The SMILES string of the molecule is O=C(c1ccc(COc2cccc3c2ccc2c3ccc3c4ccccc4ccc32)cc1)N(c1ccccc1)C1CCCCC1. The summed E-state index contributed by atoms with van der Waals surface area (Å²) in [5.41, 5.74) is 2.72. The number of hydrogen-bond donors (Lipinski definition) is 0. The summed E-state index contributed by atoms with van der Waals surface area (Å²) in [7, 11) is 0. The highest BCUT2D eigenvalue weighted by atomic mass is 16.5. The molecule has 0 heterocycles. The third-order valence-electron chi connectivity index (χ3n) is 9.53. The molecule has 220 valence electrons. The normalized spacial score (nSPS) is 13.9. The van der Waals surface area contributed by atoms with Crippen LogP contribution in [0.4, 0.5) is 5.69 Å². The summed E-state index contributed by atoms with van der Waals surface area (Å²) < 4.78 is 6.42. The number of carbonyl (C=O) groups is 1. The highest BCUT2D eigenvalue weighted by molar-refractivity contribution is 6.22. The largest absolute Gasteiger partial charge is 0.488 e. The maximum absolute atomic E-state index is 13.8. The van der Waals surface area contributed by atoms with Crippen LogP contribution in [0.5, 0.6) is 5.75 Å². The van der Waals surface area contributed by atoms with Crippen LogP contribution in [0.3, 0.4) is 0 Å². The van der Waals surface area contributed by atoms with Crippen LogP contribution in [0.1, 0.15) is 48.0 Å². The summed E-state index contributed by atoms with van der Waals surface area (Å²) >= 11 is 0. The molecule has 8 rings (SSSR count). The molecule has 45 heavy (non-hydrogen) atoms. The Kier molecular flexibility index (Phi) is 7.15. The fraction of sp³-hybridized carbons (Fsp3) is 0.167. The molecule has 0 aliphatic heterocycles. The fourth-order valence-corrected chi connectivity index (χ4v) is 7.23. The van der Waals surface area contributed by atoms with Crippen LogP contribution in [0.2, 0.25) is 0 Å². The summed E-state index contributed by atoms with van der Waals surface area (Å²) in [5.74, 6) is 0.933. The van der Waals surface area contributed by atoms with Gasteiger partial charge in [0.1, 0.15) is 12.4 Å². The van der Waals surface area contributed by atoms with Gasteiger partial charge in [-0.15, -0.1) is 0 Å². The van der Waals surface area contributed by atoms with E-state index in [9.17, 15) is 4.79 Å². The zero-order valence-electron chi connectivity index (χ0n) is 25.3. The van der Waals surface area contributed by atoms with Crippen molar-refractivity contribution in [3.8, 4) is 5.75 Å². The van der Waals surface area contributed by atoms with E-state index in [2.05, 4.69) is 72.8 Å². The van der Waals surface area contributed by atoms with Gasteiger partial charge in [0.05, 0.1) is 0 Å². The first-order chi connectivity index (χ1) is 22.2. The number of amides is 1. The van der Waals surface area contributed by atoms with Crippen molar-refractivity contribution in [2.75, 3.05) is 4.90 Å². The van der Waals surface area contributed by atoms with Crippen molar-refractivity contribution in [3.05, 3.63) is 145 Å². The molecule has 3 heteroatoms. The summed E-state index contributed by atoms with van der Waals surface area (Å²) in [6.45, 7) is 0.431. The van der Waals surface area contributed by atoms with E-state index in [1.807, 2.05) is 65.6 Å². The smallest absolute Gasteiger partial charge is 0.258 e. The third-order valence-corrected chi connectivity index (χ3v) is 9.53. The molecule has 0 saturated heterocycles. The molecule has 0 N–H and O–H groups in total. The van der Waals surface area contributed by atoms with Gasteiger partial charge in [0.2, 0.25) is 0 Å². The molecule has 1 saturated carbocycles. The molecule has 1 fully saturated rings. The molecule has 0 spiro atoms. The predicted octanol–water partition coefficient (Wildman–Crippen LogP) is 10.9. The van der Waals surface area contributed by atoms with Crippen molar-refractivity contribution in [1.82, 2.24) is 0 Å². The Balaban J connectivity index is 1.05. The van der Waals surface area contributed by atoms with E-state index in [1.54, 1.807) is 0 Å². The molecular weight excluding hydrogens is 550 g/mol. The quantitative estimate of drug-likeness (QED) is 0.182. The standard InChI is InChI=1S/C42H35NO2/c44-42(43(32-11-3-1-4-12-32)33-13-5-2-6-14-33)31-20-18-29(19-21-31)28-45-41-17-9-16-35-38-25-24-36-34-15-8-7-10-30(34)22-23-37(36)39(38)26-27-40(35)41/h1,3-4,7-12,15-27,33H,2,5-6,13-14,28H2. The first-order valence-electron chi connectivity index (χ1n) is 16.1. The lowest BCUT2D eigenvalue weighted by molar-refractivity contribution is 0.0970. The number of nitrogens with zero attached hydrogens (tertiary/aromatic N) is 1. The second kappa shape index (κ2) is 11.7. The third kappa shape index (κ3) is 5.09. The van der Waals surface area contributed by atoms with Crippen LogP contribution in [0, 0.1) is 0 Å². The van der Waals surface area contributed by atoms with Gasteiger partial charge in [0.25, 0.3) is 5.91 Å². The lowest BCUT2D eigenvalue weighted by atomic mass is 9.93. The number of rotatable bonds is 6. The molecule has 0 atom stereocenters. The lowest BCUT2D eigenvalue weighted by Crippen LogP contribution is -2.41. The summed E-state index contributed by atoms with van der Waals surface area (Å²) in [6, 6.07) is 46.6. The summed E-state index contributed by atoms with van der Waals surface area (Å²) in [5, 5.41) is 9.85. The van der Waals surface area contributed by atoms with E-state index in [0.29, 0.717) is 12.2 Å². The fourth-order valence-electron chi connectivity index (χ4n) is 7.23. The number of fused-ring (bicyclic) bond motifs is 7. The Labute approximate surface area is 263 Å². The Morgan fingerprint density at radius 2 is 1.16 bits per heavy atom. The van der Waals surface area contributed by atoms with E-state index in [1.165, 1.54) is 57.0 Å². The monoisotopic (exact) mass is 585 g/mol. The van der Waals surface area contributed by atoms with Gasteiger partial charge in [-0.05, 0) is 92.5 Å². The van der Waals surface area contributed by atoms with Gasteiger partial charge >= 0.3 is 0 Å². The molecular formula is C42H35NO2. The molecule has 1 aliphatic rings. The molecule has 0 aromatic heterocycles. The molecule has 0 unspecified atom stereocenters. The second-order valence-electron chi connectivity index (χ2n) is 12.2. The van der Waals surface area contributed by atoms with Gasteiger partial charge in [-0.1, -0.05) is 116 Å². The average molecular weight is 586 g/mol. The minimum absolute atomic E-state index is 0.0713. The van der Waals surface area contributed by atoms with Gasteiger partial charge < -0.3 is 9.64 Å². The van der Waals surface area contributed by atoms with Crippen molar-refractivity contribution in [2.24, 2.45) is 0 Å². The zero-order chi connectivity index (χ0) is 30.2. The predicted molar refractivity (Wildman–Crippen MR) is 187 cm³/mol. The maximum atomic E-state index is 13.8. The van der Waals surface area contributed by atoms with E-state index < -0.39 is 0 Å². The number of anilines is 1. The molecule has 0 bridgehead atoms. The van der Waals surface area contributed by atoms with Crippen molar-refractivity contribution < 1.29 is 9.53 Å². The number of benzene rings is 7. The first-order valence-corrected chi connectivity index (χ1v) is 16.1. The minimum Gasteiger partial charge on any atom is -0.488 e. The molecule has 0 radical (unpaired) electrons. The highest BCUT2D eigenvalue weighted by Crippen LogP contribution is 2.37. The van der Waals surface area contributed by atoms with Gasteiger partial charge in [-0.3, -0.25) is 4.79 Å². The number of ether oxygens (including phenoxy) is 1. The van der Waals surface area contributed by atoms with Crippen molar-refractivity contribution in [3.63, 3.8) is 0 Å². The van der Waals surface area contributed by atoms with Gasteiger partial charge in [0, 0.05) is 22.7 Å². The molecule has 1 aliphatic carbocycles. The highest BCUT2D eigenvalue weighted by Gasteiger charge is 2.27. The van der Waals surface area contributed by atoms with E-state index in [4.69, 9.17) is 4.74 Å². The maximum Gasteiger partial charge on any atom is 0.258 e. The Morgan fingerprint density at radius 1 is 0.556 bits per heavy atom. The lowest BCUT2D eigenvalue weighted by Gasteiger charge is -2.34. The van der Waals surface area contributed by atoms with Crippen molar-refractivity contribution in [2.45, 2.75) is 44.8 Å². The molecule has 7 aromatic carbocycles. The van der Waals surface area contributed by atoms with Crippen LogP contribution < -0.4 is 9.64 Å². The zero-order valence-corrected chi connectivity index (χ0v) is 25.3. The molecule has 1 amide bonds. The van der Waals surface area contributed by atoms with Crippen LogP contribution in [0.15, 0.2) is 133 Å². The van der Waals surface area contributed by atoms with Crippen molar-refractivity contribution >= 4 is 54.7 Å². The minimum atomic E-state index is 0.0713. The second-order valence-corrected chi connectivity index (χ2v) is 12.2. The molecule has 3 nitrogen and oxygen atoms in total. The van der Waals surface area contributed by atoms with E-state index in [0.717, 1.165) is 35.2 Å². The summed E-state index contributed by atoms with van der Waals surface area (Å²) in [6.07, 6.45) is 5.72. The Morgan fingerprint density at radius 3 is 1.91 bits per heavy atom. The van der Waals surface area contributed by atoms with Gasteiger partial charge in [-0.2, -0.15) is 0 Å². The number of hydrogen-bond acceptors (Lipinski definition) is 2. The van der Waals surface area contributed by atoms with Crippen LogP contribution in [0.25, 0.3) is 43.1 Å². The number of carbonyl (C=O) groups excluding carboxylic acids is 1. The van der Waals surface area contributed by atoms with Crippen LogP contribution in [-0.2, 0) is 6.61 Å². The first kappa shape index (κ1) is 27.4. The Hall–Kier alpha value is -5.15. The van der Waals surface area contributed by atoms with Gasteiger partial charge in [0.15, 0.2) is 0 Å². The topological polar surface area (TPSA) is 29.5 Å². The van der Waals surface area contributed by atoms with E-state index in [-0.39, 0.29) is 11.9 Å². The molecule has 7 aromatic rings. The van der Waals surface area contributed by atoms with Crippen molar-refractivity contribution in [1.29, 1.82) is 0 Å². The van der Waals surface area contributed by atoms with Crippen LogP contribution >= 0.6 is 0 Å². The number of para-hydroxylation sites is 1. The van der Waals surface area contributed by atoms with Gasteiger partial charge in [-0.25, -0.2) is 0 Å². The van der Waals surface area contributed by atoms with E-state index >= 15 is 0 Å².